The largest absolute Gasteiger partial charge is 0.416 e. The Morgan fingerprint density at radius 2 is 1.94 bits per heavy atom. The minimum absolute atomic E-state index is 0.0165. The van der Waals surface area contributed by atoms with Crippen molar-refractivity contribution in [1.29, 1.82) is 0 Å². The second-order valence-corrected chi connectivity index (χ2v) is 3.35. The Morgan fingerprint density at radius 3 is 2.53 bits per heavy atom. The van der Waals surface area contributed by atoms with Gasteiger partial charge in [0.05, 0.1) is 5.56 Å². The minimum Gasteiger partial charge on any atom is -0.207 e. The van der Waals surface area contributed by atoms with E-state index < -0.39 is 17.6 Å². The third-order valence-electron chi connectivity index (χ3n) is 2.04. The van der Waals surface area contributed by atoms with Crippen molar-refractivity contribution in [2.24, 2.45) is 0 Å². The van der Waals surface area contributed by atoms with Gasteiger partial charge in [0.15, 0.2) is 5.82 Å². The molecule has 0 atom stereocenters. The van der Waals surface area contributed by atoms with Crippen molar-refractivity contribution in [1.82, 2.24) is 20.6 Å². The van der Waals surface area contributed by atoms with Gasteiger partial charge in [0, 0.05) is 6.42 Å². The van der Waals surface area contributed by atoms with Crippen molar-refractivity contribution in [3.63, 3.8) is 0 Å². The molecule has 0 saturated heterocycles. The van der Waals surface area contributed by atoms with Crippen LogP contribution >= 0.6 is 0 Å². The molecule has 0 aliphatic rings. The third-order valence-corrected chi connectivity index (χ3v) is 2.04. The second-order valence-electron chi connectivity index (χ2n) is 3.35. The van der Waals surface area contributed by atoms with Gasteiger partial charge in [-0.2, -0.15) is 18.4 Å². The molecule has 0 aliphatic heterocycles. The summed E-state index contributed by atoms with van der Waals surface area (Å²) in [5.41, 5.74) is -0.894. The van der Waals surface area contributed by atoms with Gasteiger partial charge in [0.2, 0.25) is 0 Å². The molecule has 0 radical (unpaired) electrons. The van der Waals surface area contributed by atoms with E-state index in [0.29, 0.717) is 6.07 Å². The van der Waals surface area contributed by atoms with Gasteiger partial charge in [0.1, 0.15) is 5.82 Å². The maximum Gasteiger partial charge on any atom is 0.416 e. The monoisotopic (exact) mass is 246 g/mol. The molecule has 90 valence electrons. The van der Waals surface area contributed by atoms with Gasteiger partial charge in [-0.3, -0.25) is 0 Å². The summed E-state index contributed by atoms with van der Waals surface area (Å²) in [6.07, 6.45) is -4.59. The molecule has 0 amide bonds. The number of benzene rings is 1. The average Bonchev–Trinajstić information content (AvgIpc) is 2.68. The van der Waals surface area contributed by atoms with Crippen molar-refractivity contribution in [3.8, 4) is 0 Å². The van der Waals surface area contributed by atoms with E-state index in [1.165, 1.54) is 0 Å². The van der Waals surface area contributed by atoms with Crippen LogP contribution in [0.1, 0.15) is 17.0 Å². The number of hydrogen-bond acceptors (Lipinski definition) is 3. The molecule has 8 heteroatoms. The summed E-state index contributed by atoms with van der Waals surface area (Å²) in [6, 6.07) is 2.31. The van der Waals surface area contributed by atoms with Crippen molar-refractivity contribution >= 4 is 0 Å². The second kappa shape index (κ2) is 4.11. The Hall–Kier alpha value is -1.99. The Labute approximate surface area is 92.7 Å². The van der Waals surface area contributed by atoms with E-state index in [9.17, 15) is 17.6 Å². The number of H-pyrrole nitrogens is 1. The highest BCUT2D eigenvalue weighted by molar-refractivity contribution is 5.28. The topological polar surface area (TPSA) is 54.5 Å². The van der Waals surface area contributed by atoms with Crippen molar-refractivity contribution < 1.29 is 17.6 Å². The first-order valence-corrected chi connectivity index (χ1v) is 4.54. The molecule has 1 heterocycles. The van der Waals surface area contributed by atoms with Crippen LogP contribution in [0.3, 0.4) is 0 Å². The van der Waals surface area contributed by atoms with Crippen LogP contribution in [0.5, 0.6) is 0 Å². The summed E-state index contributed by atoms with van der Waals surface area (Å²) in [6.45, 7) is 0. The Balaban J connectivity index is 2.32. The fourth-order valence-corrected chi connectivity index (χ4v) is 1.36. The van der Waals surface area contributed by atoms with Crippen LogP contribution in [0.4, 0.5) is 17.6 Å². The number of tetrazole rings is 1. The lowest BCUT2D eigenvalue weighted by Crippen LogP contribution is -2.06. The van der Waals surface area contributed by atoms with Crippen LogP contribution in [0, 0.1) is 5.82 Å². The lowest BCUT2D eigenvalue weighted by Gasteiger charge is -2.08. The van der Waals surface area contributed by atoms with Crippen LogP contribution in [0.25, 0.3) is 0 Å². The van der Waals surface area contributed by atoms with E-state index in [-0.39, 0.29) is 17.8 Å². The molecule has 0 bridgehead atoms. The SMILES string of the molecule is Fc1cc(Cc2nn[nH]n2)cc(C(F)(F)F)c1. The highest BCUT2D eigenvalue weighted by Crippen LogP contribution is 2.30. The Bertz CT molecular complexity index is 506. The predicted octanol–water partition coefficient (Wildman–Crippen LogP) is 1.95. The molecule has 1 N–H and O–H groups in total. The predicted molar refractivity (Wildman–Crippen MR) is 48.4 cm³/mol. The van der Waals surface area contributed by atoms with E-state index in [1.54, 1.807) is 0 Å². The zero-order valence-electron chi connectivity index (χ0n) is 8.29. The van der Waals surface area contributed by atoms with E-state index in [0.717, 1.165) is 12.1 Å². The molecule has 1 aromatic carbocycles. The molecular weight excluding hydrogens is 240 g/mol. The van der Waals surface area contributed by atoms with Gasteiger partial charge < -0.3 is 0 Å². The first kappa shape index (κ1) is 11.5. The number of nitrogens with zero attached hydrogens (tertiary/aromatic N) is 3. The van der Waals surface area contributed by atoms with Crippen molar-refractivity contribution in [2.75, 3.05) is 0 Å². The fraction of sp³-hybridized carbons (Fsp3) is 0.222. The smallest absolute Gasteiger partial charge is 0.207 e. The standard InChI is InChI=1S/C9H6F4N4/c10-7-2-5(3-8-14-16-17-15-8)1-6(4-7)9(11,12)13/h1-2,4H,3H2,(H,14,15,16,17). The van der Waals surface area contributed by atoms with E-state index in [1.807, 2.05) is 0 Å². The maximum atomic E-state index is 13.0. The molecule has 2 rings (SSSR count). The lowest BCUT2D eigenvalue weighted by atomic mass is 10.1. The Kier molecular flexibility index (Phi) is 2.78. The molecular formula is C9H6F4N4. The highest BCUT2D eigenvalue weighted by Gasteiger charge is 2.31. The minimum atomic E-state index is -4.58. The van der Waals surface area contributed by atoms with E-state index in [4.69, 9.17) is 0 Å². The zero-order valence-corrected chi connectivity index (χ0v) is 8.29. The third kappa shape index (κ3) is 2.77. The number of aromatic nitrogens is 4. The van der Waals surface area contributed by atoms with Crippen LogP contribution in [0.2, 0.25) is 0 Å². The van der Waals surface area contributed by atoms with Gasteiger partial charge in [0.25, 0.3) is 0 Å². The fourth-order valence-electron chi connectivity index (χ4n) is 1.36. The summed E-state index contributed by atoms with van der Waals surface area (Å²) < 4.78 is 50.3. The molecule has 0 aliphatic carbocycles. The van der Waals surface area contributed by atoms with Gasteiger partial charge in [-0.1, -0.05) is 5.21 Å². The number of aromatic amines is 1. The molecule has 0 saturated carbocycles. The molecule has 0 fully saturated rings. The van der Waals surface area contributed by atoms with E-state index >= 15 is 0 Å². The molecule has 0 unspecified atom stereocenters. The molecule has 4 nitrogen and oxygen atoms in total. The number of hydrogen-bond donors (Lipinski definition) is 1. The van der Waals surface area contributed by atoms with Crippen LogP contribution in [-0.2, 0) is 12.6 Å². The zero-order chi connectivity index (χ0) is 12.5. The Morgan fingerprint density at radius 1 is 1.18 bits per heavy atom. The summed E-state index contributed by atoms with van der Waals surface area (Å²) in [7, 11) is 0. The number of nitrogens with one attached hydrogen (secondary N) is 1. The van der Waals surface area contributed by atoms with Gasteiger partial charge >= 0.3 is 6.18 Å². The first-order valence-electron chi connectivity index (χ1n) is 4.54. The summed E-state index contributed by atoms with van der Waals surface area (Å²) in [5.74, 6) is -0.748. The van der Waals surface area contributed by atoms with E-state index in [2.05, 4.69) is 20.6 Å². The van der Waals surface area contributed by atoms with Gasteiger partial charge in [-0.15, -0.1) is 10.2 Å². The first-order chi connectivity index (χ1) is 7.95. The quantitative estimate of drug-likeness (QED) is 0.824. The lowest BCUT2D eigenvalue weighted by molar-refractivity contribution is -0.137. The average molecular weight is 246 g/mol. The number of rotatable bonds is 2. The molecule has 17 heavy (non-hydrogen) atoms. The summed E-state index contributed by atoms with van der Waals surface area (Å²) >= 11 is 0. The van der Waals surface area contributed by atoms with Crippen LogP contribution < -0.4 is 0 Å². The van der Waals surface area contributed by atoms with Crippen molar-refractivity contribution in [2.45, 2.75) is 12.6 Å². The van der Waals surface area contributed by atoms with Gasteiger partial charge in [-0.05, 0) is 23.8 Å². The molecule has 2 aromatic rings. The molecule has 0 spiro atoms. The summed E-state index contributed by atoms with van der Waals surface area (Å²) in [5, 5.41) is 12.6. The normalized spacial score (nSPS) is 11.8. The van der Waals surface area contributed by atoms with Crippen molar-refractivity contribution in [3.05, 3.63) is 41.0 Å². The maximum absolute atomic E-state index is 13.0. The number of halogens is 4. The van der Waals surface area contributed by atoms with Gasteiger partial charge in [-0.25, -0.2) is 4.39 Å². The number of alkyl halides is 3. The molecule has 1 aromatic heterocycles. The van der Waals surface area contributed by atoms with Crippen LogP contribution in [-0.4, -0.2) is 20.6 Å². The van der Waals surface area contributed by atoms with Crippen LogP contribution in [0.15, 0.2) is 18.2 Å². The summed E-state index contributed by atoms with van der Waals surface area (Å²) in [4.78, 5) is 0. The highest BCUT2D eigenvalue weighted by atomic mass is 19.4.